The van der Waals surface area contributed by atoms with Crippen molar-refractivity contribution in [1.29, 1.82) is 0 Å². The summed E-state index contributed by atoms with van der Waals surface area (Å²) in [5, 5.41) is 0. The predicted octanol–water partition coefficient (Wildman–Crippen LogP) is 1.45. The minimum absolute atomic E-state index is 0.0252. The zero-order chi connectivity index (χ0) is 20.5. The quantitative estimate of drug-likeness (QED) is 0.276. The van der Waals surface area contributed by atoms with Gasteiger partial charge in [0.25, 0.3) is 0 Å². The summed E-state index contributed by atoms with van der Waals surface area (Å²) in [6.45, 7) is 6.23. The van der Waals surface area contributed by atoms with Crippen LogP contribution in [0.15, 0.2) is 29.5 Å². The number of aliphatic imine (C=N–C) groups is 1. The van der Waals surface area contributed by atoms with E-state index in [1.807, 2.05) is 19.1 Å². The number of hydrogen-bond acceptors (Lipinski definition) is 7. The van der Waals surface area contributed by atoms with Crippen molar-refractivity contribution < 1.29 is 19.0 Å². The van der Waals surface area contributed by atoms with E-state index in [9.17, 15) is 14.3 Å². The third-order valence-electron chi connectivity index (χ3n) is 4.58. The van der Waals surface area contributed by atoms with Gasteiger partial charge in [0, 0.05) is 0 Å². The van der Waals surface area contributed by atoms with Gasteiger partial charge in [0.1, 0.15) is 5.82 Å². The van der Waals surface area contributed by atoms with Crippen molar-refractivity contribution in [3.63, 3.8) is 0 Å². The molecule has 0 spiro atoms. The fourth-order valence-electron chi connectivity index (χ4n) is 3.12. The third kappa shape index (κ3) is 5.90. The Morgan fingerprint density at radius 3 is 2.82 bits per heavy atom. The first kappa shape index (κ1) is 21.6. The van der Waals surface area contributed by atoms with E-state index < -0.39 is 6.04 Å². The average Bonchev–Trinajstić information content (AvgIpc) is 2.93. The van der Waals surface area contributed by atoms with Crippen LogP contribution in [0.1, 0.15) is 44.0 Å². The maximum absolute atomic E-state index is 12.4. The number of esters is 1. The van der Waals surface area contributed by atoms with Crippen molar-refractivity contribution in [3.8, 4) is 0 Å². The van der Waals surface area contributed by atoms with E-state index in [4.69, 9.17) is 4.74 Å². The van der Waals surface area contributed by atoms with E-state index in [1.165, 1.54) is 0 Å². The summed E-state index contributed by atoms with van der Waals surface area (Å²) in [6, 6.07) is -0.480. The number of allylic oxidation sites excluding steroid dienone is 1. The molecule has 1 amide bonds. The standard InChI is InChI=1S/C19H25BN4O4/c1-4-28-18(25)9-15(16-10-21-14(3)22-11-16)6-5-7-24-13(2)8-17(19(24)26)23-12-20-27/h5-6,10-13,15,17H,4,7-9H2,1-3H3/t13-,15+,17+/m1/s1. The molecule has 2 heterocycles. The number of carbonyl (C=O) groups is 2. The molecule has 1 saturated heterocycles. The van der Waals surface area contributed by atoms with E-state index in [2.05, 4.69) is 15.0 Å². The Labute approximate surface area is 165 Å². The van der Waals surface area contributed by atoms with Gasteiger partial charge in [-0.3, -0.25) is 0 Å². The van der Waals surface area contributed by atoms with Crippen LogP contribution in [-0.4, -0.2) is 65.2 Å². The fraction of sp³-hybridized carbons (Fsp3) is 0.526. The van der Waals surface area contributed by atoms with Crippen molar-refractivity contribution >= 4 is 25.1 Å². The molecular weight excluding hydrogens is 359 g/mol. The van der Waals surface area contributed by atoms with E-state index >= 15 is 0 Å². The zero-order valence-electron chi connectivity index (χ0n) is 16.4. The molecule has 1 aliphatic heterocycles. The number of aromatic nitrogens is 2. The number of carbonyl (C=O) groups excluding carboxylic acids is 2. The van der Waals surface area contributed by atoms with Gasteiger partial charge < -0.3 is 0 Å². The summed E-state index contributed by atoms with van der Waals surface area (Å²) in [7, 11) is 0.574. The second-order valence-corrected chi connectivity index (χ2v) is 6.63. The molecule has 1 fully saturated rings. The molecule has 0 bridgehead atoms. The van der Waals surface area contributed by atoms with Crippen LogP contribution in [-0.2, 0) is 19.0 Å². The second kappa shape index (κ2) is 10.6. The summed E-state index contributed by atoms with van der Waals surface area (Å²) >= 11 is 0. The summed E-state index contributed by atoms with van der Waals surface area (Å²) < 4.78 is 15.5. The van der Waals surface area contributed by atoms with Crippen molar-refractivity contribution in [2.75, 3.05) is 13.2 Å². The van der Waals surface area contributed by atoms with Crippen LogP contribution in [0.4, 0.5) is 0 Å². The first-order valence-electron chi connectivity index (χ1n) is 9.34. The number of amides is 1. The van der Waals surface area contributed by atoms with Crippen molar-refractivity contribution in [1.82, 2.24) is 14.9 Å². The van der Waals surface area contributed by atoms with Gasteiger partial charge in [-0.25, -0.2) is 0 Å². The molecule has 0 N–H and O–H groups in total. The van der Waals surface area contributed by atoms with Gasteiger partial charge in [0.15, 0.2) is 0 Å². The Kier molecular flexibility index (Phi) is 8.16. The fourth-order valence-corrected chi connectivity index (χ4v) is 3.12. The molecule has 3 atom stereocenters. The Hall–Kier alpha value is -2.71. The van der Waals surface area contributed by atoms with E-state index in [0.717, 1.165) is 11.7 Å². The molecule has 1 aliphatic rings. The molecule has 1 aromatic rings. The number of rotatable bonds is 9. The van der Waals surface area contributed by atoms with Crippen LogP contribution < -0.4 is 0 Å². The Bertz CT molecular complexity index is 751. The van der Waals surface area contributed by atoms with Crippen LogP contribution in [0.2, 0.25) is 0 Å². The molecule has 148 valence electrons. The minimum atomic E-state index is -0.505. The molecule has 28 heavy (non-hydrogen) atoms. The molecule has 0 aliphatic carbocycles. The van der Waals surface area contributed by atoms with Crippen LogP contribution >= 0.6 is 0 Å². The topological polar surface area (TPSA) is 102 Å². The second-order valence-electron chi connectivity index (χ2n) is 6.63. The molecule has 0 saturated carbocycles. The normalized spacial score (nSPS) is 20.7. The van der Waals surface area contributed by atoms with Crippen molar-refractivity contribution in [2.45, 2.75) is 51.6 Å². The van der Waals surface area contributed by atoms with Gasteiger partial charge in [-0.05, 0) is 13.8 Å². The van der Waals surface area contributed by atoms with Crippen molar-refractivity contribution in [2.24, 2.45) is 4.99 Å². The summed E-state index contributed by atoms with van der Waals surface area (Å²) in [4.78, 5) is 38.5. The van der Waals surface area contributed by atoms with Gasteiger partial charge in [-0.1, -0.05) is 0 Å². The van der Waals surface area contributed by atoms with Crippen LogP contribution in [0.3, 0.4) is 0 Å². The van der Waals surface area contributed by atoms with Crippen LogP contribution in [0.25, 0.3) is 0 Å². The van der Waals surface area contributed by atoms with Crippen LogP contribution in [0.5, 0.6) is 0 Å². The maximum atomic E-state index is 12.4. The third-order valence-corrected chi connectivity index (χ3v) is 4.58. The van der Waals surface area contributed by atoms with Crippen LogP contribution in [0, 0.1) is 6.92 Å². The molecule has 9 heteroatoms. The zero-order valence-corrected chi connectivity index (χ0v) is 16.4. The number of nitrogens with zero attached hydrogens (tertiary/aromatic N) is 4. The predicted molar refractivity (Wildman–Crippen MR) is 104 cm³/mol. The summed E-state index contributed by atoms with van der Waals surface area (Å²) in [6.07, 6.45) is 9.02. The molecule has 0 unspecified atom stereocenters. The van der Waals surface area contributed by atoms with E-state index in [1.54, 1.807) is 31.1 Å². The van der Waals surface area contributed by atoms with Gasteiger partial charge in [-0.2, -0.15) is 0 Å². The molecule has 1 aromatic heterocycles. The summed E-state index contributed by atoms with van der Waals surface area (Å²) in [5.41, 5.74) is 0.809. The first-order chi connectivity index (χ1) is 13.5. The average molecular weight is 384 g/mol. The van der Waals surface area contributed by atoms with Gasteiger partial charge in [0.2, 0.25) is 0 Å². The number of aryl methyl sites for hydroxylation is 1. The van der Waals surface area contributed by atoms with Gasteiger partial charge in [-0.15, -0.1) is 0 Å². The molecule has 2 rings (SSSR count). The molecule has 8 nitrogen and oxygen atoms in total. The number of likely N-dealkylation sites (tertiary alicyclic amines) is 1. The van der Waals surface area contributed by atoms with E-state index in [0.29, 0.717) is 32.5 Å². The number of hydrogen-bond donors (Lipinski definition) is 0. The van der Waals surface area contributed by atoms with Crippen molar-refractivity contribution in [3.05, 3.63) is 35.9 Å². The Morgan fingerprint density at radius 2 is 2.18 bits per heavy atom. The first-order valence-corrected chi connectivity index (χ1v) is 9.34. The SMILES string of the molecule is CCOC(=O)C[C@H](C=CCN1C(=O)[C@@H](N=CB=O)C[C@H]1C)c1cnc(C)nc1. The van der Waals surface area contributed by atoms with Gasteiger partial charge in [0.05, 0.1) is 6.61 Å². The summed E-state index contributed by atoms with van der Waals surface area (Å²) in [5.74, 6) is 0.0139. The Balaban J connectivity index is 2.08. The van der Waals surface area contributed by atoms with Gasteiger partial charge >= 0.3 is 138 Å². The molecule has 0 radical (unpaired) electrons. The molecule has 0 aromatic carbocycles. The number of ether oxygens (including phenoxy) is 1. The Morgan fingerprint density at radius 1 is 1.46 bits per heavy atom. The molecular formula is C19H25BN4O4. The monoisotopic (exact) mass is 384 g/mol. The van der Waals surface area contributed by atoms with E-state index in [-0.39, 0.29) is 30.3 Å².